The van der Waals surface area contributed by atoms with E-state index in [4.69, 9.17) is 16.9 Å². The molecule has 0 fully saturated rings. The SMILES string of the molecule is C#CCn1cc(CC(C#N)(C#N)CCCF)cn1. The Balaban J connectivity index is 2.81. The highest BCUT2D eigenvalue weighted by molar-refractivity contribution is 5.21. The van der Waals surface area contributed by atoms with Crippen molar-refractivity contribution in [1.82, 2.24) is 9.78 Å². The van der Waals surface area contributed by atoms with Gasteiger partial charge in [-0.3, -0.25) is 9.07 Å². The van der Waals surface area contributed by atoms with Crippen molar-refractivity contribution in [2.75, 3.05) is 6.67 Å². The van der Waals surface area contributed by atoms with E-state index >= 15 is 0 Å². The molecule has 0 aliphatic heterocycles. The molecule has 0 aliphatic rings. The van der Waals surface area contributed by atoms with Gasteiger partial charge in [0.1, 0.15) is 12.0 Å². The van der Waals surface area contributed by atoms with Crippen molar-refractivity contribution >= 4 is 0 Å². The Bertz CT molecular complexity index is 498. The molecule has 0 aromatic carbocycles. The van der Waals surface area contributed by atoms with E-state index in [-0.39, 0.29) is 19.3 Å². The van der Waals surface area contributed by atoms with Gasteiger partial charge in [-0.05, 0) is 18.4 Å². The zero-order valence-electron chi connectivity index (χ0n) is 9.93. The predicted molar refractivity (Wildman–Crippen MR) is 63.6 cm³/mol. The maximum atomic E-state index is 12.2. The molecule has 1 aromatic heterocycles. The number of rotatable bonds is 6. The number of aromatic nitrogens is 2. The van der Waals surface area contributed by atoms with Gasteiger partial charge in [0.25, 0.3) is 0 Å². The summed E-state index contributed by atoms with van der Waals surface area (Å²) in [6.45, 7) is -0.182. The summed E-state index contributed by atoms with van der Waals surface area (Å²) in [5.74, 6) is 2.44. The van der Waals surface area contributed by atoms with Crippen LogP contribution in [-0.4, -0.2) is 16.5 Å². The molecule has 0 atom stereocenters. The van der Waals surface area contributed by atoms with Gasteiger partial charge < -0.3 is 0 Å². The molecule has 0 N–H and O–H groups in total. The van der Waals surface area contributed by atoms with Crippen LogP contribution in [0.2, 0.25) is 0 Å². The summed E-state index contributed by atoms with van der Waals surface area (Å²) in [6, 6.07) is 3.97. The second-order valence-electron chi connectivity index (χ2n) is 4.03. The number of terminal acetylenes is 1. The Kier molecular flexibility index (Phi) is 4.90. The van der Waals surface area contributed by atoms with E-state index in [9.17, 15) is 4.39 Å². The van der Waals surface area contributed by atoms with Crippen LogP contribution in [0.4, 0.5) is 4.39 Å². The van der Waals surface area contributed by atoms with Gasteiger partial charge in [-0.15, -0.1) is 6.42 Å². The molecule has 0 unspecified atom stereocenters. The molecule has 1 heterocycles. The Morgan fingerprint density at radius 3 is 2.72 bits per heavy atom. The Hall–Kier alpha value is -2.32. The summed E-state index contributed by atoms with van der Waals surface area (Å²) in [4.78, 5) is 0. The lowest BCUT2D eigenvalue weighted by atomic mass is 9.81. The van der Waals surface area contributed by atoms with E-state index in [1.54, 1.807) is 17.1 Å². The number of hydrogen-bond acceptors (Lipinski definition) is 3. The van der Waals surface area contributed by atoms with Gasteiger partial charge in [-0.1, -0.05) is 5.92 Å². The summed E-state index contributed by atoms with van der Waals surface area (Å²) >= 11 is 0. The summed E-state index contributed by atoms with van der Waals surface area (Å²) in [5, 5.41) is 22.3. The highest BCUT2D eigenvalue weighted by Crippen LogP contribution is 2.27. The lowest BCUT2D eigenvalue weighted by Crippen LogP contribution is -2.19. The fourth-order valence-electron chi connectivity index (χ4n) is 1.70. The van der Waals surface area contributed by atoms with E-state index < -0.39 is 12.1 Å². The van der Waals surface area contributed by atoms with Crippen LogP contribution in [0.1, 0.15) is 18.4 Å². The largest absolute Gasteiger partial charge is 0.260 e. The van der Waals surface area contributed by atoms with Crippen LogP contribution in [0, 0.1) is 40.4 Å². The molecule has 0 spiro atoms. The lowest BCUT2D eigenvalue weighted by molar-refractivity contribution is 0.392. The second kappa shape index (κ2) is 6.42. The van der Waals surface area contributed by atoms with E-state index in [1.165, 1.54) is 0 Å². The van der Waals surface area contributed by atoms with Crippen molar-refractivity contribution in [2.24, 2.45) is 5.41 Å². The first-order chi connectivity index (χ1) is 8.69. The predicted octanol–water partition coefficient (Wildman–Crippen LogP) is 1.84. The topological polar surface area (TPSA) is 65.4 Å². The normalized spacial score (nSPS) is 10.3. The molecule has 0 saturated heterocycles. The zero-order chi connectivity index (χ0) is 13.4. The quantitative estimate of drug-likeness (QED) is 0.717. The molecule has 92 valence electrons. The van der Waals surface area contributed by atoms with Crippen molar-refractivity contribution in [1.29, 1.82) is 10.5 Å². The molecular formula is C13H13FN4. The highest BCUT2D eigenvalue weighted by atomic mass is 19.1. The number of nitriles is 2. The monoisotopic (exact) mass is 244 g/mol. The van der Waals surface area contributed by atoms with Crippen molar-refractivity contribution in [3.05, 3.63) is 18.0 Å². The molecule has 4 nitrogen and oxygen atoms in total. The fourth-order valence-corrected chi connectivity index (χ4v) is 1.70. The van der Waals surface area contributed by atoms with E-state index in [0.717, 1.165) is 5.56 Å². The molecule has 1 aromatic rings. The van der Waals surface area contributed by atoms with Crippen LogP contribution >= 0.6 is 0 Å². The molecule has 0 aliphatic carbocycles. The molecule has 5 heteroatoms. The van der Waals surface area contributed by atoms with Gasteiger partial charge in [-0.25, -0.2) is 0 Å². The maximum Gasteiger partial charge on any atom is 0.148 e. The average molecular weight is 244 g/mol. The first-order valence-corrected chi connectivity index (χ1v) is 5.53. The third-order valence-electron chi connectivity index (χ3n) is 2.61. The van der Waals surface area contributed by atoms with Gasteiger partial charge in [0, 0.05) is 12.6 Å². The van der Waals surface area contributed by atoms with Crippen molar-refractivity contribution < 1.29 is 4.39 Å². The van der Waals surface area contributed by atoms with Crippen LogP contribution in [0.15, 0.2) is 12.4 Å². The van der Waals surface area contributed by atoms with Gasteiger partial charge in [-0.2, -0.15) is 15.6 Å². The first-order valence-electron chi connectivity index (χ1n) is 5.53. The first kappa shape index (κ1) is 13.7. The van der Waals surface area contributed by atoms with Crippen LogP contribution in [0.25, 0.3) is 0 Å². The lowest BCUT2D eigenvalue weighted by Gasteiger charge is -2.16. The summed E-state index contributed by atoms with van der Waals surface area (Å²) < 4.78 is 13.7. The number of nitrogens with zero attached hydrogens (tertiary/aromatic N) is 4. The van der Waals surface area contributed by atoms with Gasteiger partial charge in [0.15, 0.2) is 0 Å². The fraction of sp³-hybridized carbons (Fsp3) is 0.462. The number of halogens is 1. The second-order valence-corrected chi connectivity index (χ2v) is 4.03. The summed E-state index contributed by atoms with van der Waals surface area (Å²) in [7, 11) is 0. The minimum Gasteiger partial charge on any atom is -0.260 e. The average Bonchev–Trinajstić information content (AvgIpc) is 2.82. The van der Waals surface area contributed by atoms with Gasteiger partial charge in [0.05, 0.1) is 25.0 Å². The smallest absolute Gasteiger partial charge is 0.148 e. The van der Waals surface area contributed by atoms with Gasteiger partial charge in [0.2, 0.25) is 0 Å². The standard InChI is InChI=1S/C13H13FN4/c1-2-6-18-9-12(8-17-18)7-13(10-15,11-16)4-3-5-14/h1,8-9H,3-7H2. The maximum absolute atomic E-state index is 12.2. The molecule has 1 rings (SSSR count). The van der Waals surface area contributed by atoms with E-state index in [0.29, 0.717) is 6.54 Å². The Morgan fingerprint density at radius 2 is 2.17 bits per heavy atom. The number of alkyl halides is 1. The molecule has 18 heavy (non-hydrogen) atoms. The van der Waals surface area contributed by atoms with Crippen molar-refractivity contribution in [3.63, 3.8) is 0 Å². The molecule has 0 bridgehead atoms. The minimum absolute atomic E-state index is 0.208. The van der Waals surface area contributed by atoms with Crippen molar-refractivity contribution in [3.8, 4) is 24.5 Å². The summed E-state index contributed by atoms with van der Waals surface area (Å²) in [5.41, 5.74) is -0.428. The van der Waals surface area contributed by atoms with Crippen LogP contribution < -0.4 is 0 Å². The summed E-state index contributed by atoms with van der Waals surface area (Å²) in [6.07, 6.45) is 9.11. The van der Waals surface area contributed by atoms with Crippen LogP contribution in [0.3, 0.4) is 0 Å². The third kappa shape index (κ3) is 3.34. The van der Waals surface area contributed by atoms with E-state index in [1.807, 2.05) is 12.1 Å². The Morgan fingerprint density at radius 1 is 1.44 bits per heavy atom. The molecule has 0 amide bonds. The molecular weight excluding hydrogens is 231 g/mol. The van der Waals surface area contributed by atoms with Crippen LogP contribution in [0.5, 0.6) is 0 Å². The van der Waals surface area contributed by atoms with E-state index in [2.05, 4.69) is 11.0 Å². The third-order valence-corrected chi connectivity index (χ3v) is 2.61. The number of hydrogen-bond donors (Lipinski definition) is 0. The van der Waals surface area contributed by atoms with Gasteiger partial charge >= 0.3 is 0 Å². The van der Waals surface area contributed by atoms with Crippen LogP contribution in [-0.2, 0) is 13.0 Å². The zero-order valence-corrected chi connectivity index (χ0v) is 9.93. The Labute approximate surface area is 106 Å². The molecule has 0 saturated carbocycles. The molecule has 0 radical (unpaired) electrons. The minimum atomic E-state index is -1.18. The van der Waals surface area contributed by atoms with Crippen molar-refractivity contribution in [2.45, 2.75) is 25.8 Å². The highest BCUT2D eigenvalue weighted by Gasteiger charge is 2.30.